The summed E-state index contributed by atoms with van der Waals surface area (Å²) in [6.45, 7) is 2.82. The zero-order valence-corrected chi connectivity index (χ0v) is 14.2. The summed E-state index contributed by atoms with van der Waals surface area (Å²) in [5.41, 5.74) is -0.870. The molecule has 9 heteroatoms. The van der Waals surface area contributed by atoms with E-state index in [1.165, 1.54) is 6.20 Å². The summed E-state index contributed by atoms with van der Waals surface area (Å²) in [6.07, 6.45) is 0.851. The maximum Gasteiger partial charge on any atom is 0.417 e. The van der Waals surface area contributed by atoms with Crippen LogP contribution in [0.25, 0.3) is 5.82 Å². The van der Waals surface area contributed by atoms with E-state index in [1.54, 1.807) is 0 Å². The van der Waals surface area contributed by atoms with Crippen LogP contribution >= 0.6 is 11.6 Å². The van der Waals surface area contributed by atoms with Crippen molar-refractivity contribution < 1.29 is 13.2 Å². The molecule has 2 heterocycles. The standard InChI is InChI=1S/C16H16ClF3N4O/c1-2-15(5-6-15)9-22-11-8-23-24(14(25)13(11)17)12-4-3-10(7-21-12)16(18,19)20/h3-4,7-8,22H,2,5-6,9H2,1H3. The fraction of sp³-hybridized carbons (Fsp3) is 0.438. The highest BCUT2D eigenvalue weighted by atomic mass is 35.5. The minimum absolute atomic E-state index is 0.0290. The summed E-state index contributed by atoms with van der Waals surface area (Å²) >= 11 is 6.10. The second-order valence-electron chi connectivity index (χ2n) is 6.20. The lowest BCUT2D eigenvalue weighted by atomic mass is 10.0. The van der Waals surface area contributed by atoms with E-state index in [1.807, 2.05) is 0 Å². The minimum atomic E-state index is -4.49. The topological polar surface area (TPSA) is 59.8 Å². The van der Waals surface area contributed by atoms with Crippen molar-refractivity contribution in [2.75, 3.05) is 11.9 Å². The summed E-state index contributed by atoms with van der Waals surface area (Å²) < 4.78 is 38.6. The van der Waals surface area contributed by atoms with E-state index in [0.717, 1.165) is 36.1 Å². The maximum absolute atomic E-state index is 12.6. The normalized spacial score (nSPS) is 15.9. The molecule has 5 nitrogen and oxygen atoms in total. The van der Waals surface area contributed by atoms with E-state index >= 15 is 0 Å². The minimum Gasteiger partial charge on any atom is -0.382 e. The molecule has 3 rings (SSSR count). The lowest BCUT2D eigenvalue weighted by molar-refractivity contribution is -0.137. The van der Waals surface area contributed by atoms with Gasteiger partial charge in [-0.15, -0.1) is 0 Å². The number of rotatable bonds is 5. The molecule has 0 radical (unpaired) electrons. The van der Waals surface area contributed by atoms with Gasteiger partial charge >= 0.3 is 6.18 Å². The van der Waals surface area contributed by atoms with E-state index < -0.39 is 17.3 Å². The molecule has 0 atom stereocenters. The maximum atomic E-state index is 12.6. The van der Waals surface area contributed by atoms with Crippen LogP contribution in [0, 0.1) is 5.41 Å². The van der Waals surface area contributed by atoms with Crippen LogP contribution in [0.5, 0.6) is 0 Å². The number of halogens is 4. The van der Waals surface area contributed by atoms with Gasteiger partial charge in [0.15, 0.2) is 5.82 Å². The van der Waals surface area contributed by atoms with Crippen molar-refractivity contribution in [2.24, 2.45) is 5.41 Å². The molecular formula is C16H16ClF3N4O. The third-order valence-corrected chi connectivity index (χ3v) is 4.94. The van der Waals surface area contributed by atoms with Crippen molar-refractivity contribution in [1.82, 2.24) is 14.8 Å². The number of pyridine rings is 1. The highest BCUT2D eigenvalue weighted by molar-refractivity contribution is 6.32. The molecule has 0 bridgehead atoms. The average Bonchev–Trinajstić information content (AvgIpc) is 3.36. The van der Waals surface area contributed by atoms with Gasteiger partial charge in [-0.2, -0.15) is 23.0 Å². The van der Waals surface area contributed by atoms with Crippen LogP contribution in [0.15, 0.2) is 29.3 Å². The quantitative estimate of drug-likeness (QED) is 0.864. The zero-order chi connectivity index (χ0) is 18.2. The van der Waals surface area contributed by atoms with Gasteiger partial charge < -0.3 is 5.32 Å². The Kier molecular flexibility index (Phi) is 4.49. The Morgan fingerprint density at radius 1 is 1.32 bits per heavy atom. The van der Waals surface area contributed by atoms with E-state index in [0.29, 0.717) is 18.4 Å². The predicted octanol–water partition coefficient (Wildman–Crippen LogP) is 3.90. The van der Waals surface area contributed by atoms with Gasteiger partial charge in [0.25, 0.3) is 5.56 Å². The molecule has 1 saturated carbocycles. The van der Waals surface area contributed by atoms with Gasteiger partial charge in [0.2, 0.25) is 0 Å². The summed E-state index contributed by atoms with van der Waals surface area (Å²) in [5, 5.41) is 7.03. The van der Waals surface area contributed by atoms with Gasteiger partial charge in [0.1, 0.15) is 5.02 Å². The first kappa shape index (κ1) is 17.7. The second-order valence-corrected chi connectivity index (χ2v) is 6.58. The molecule has 1 fully saturated rings. The fourth-order valence-electron chi connectivity index (χ4n) is 2.51. The number of hydrogen-bond acceptors (Lipinski definition) is 4. The number of aromatic nitrogens is 3. The molecule has 134 valence electrons. The van der Waals surface area contributed by atoms with E-state index in [9.17, 15) is 18.0 Å². The molecule has 0 aliphatic heterocycles. The Balaban J connectivity index is 1.84. The smallest absolute Gasteiger partial charge is 0.382 e. The van der Waals surface area contributed by atoms with Crippen LogP contribution in [-0.2, 0) is 6.18 Å². The van der Waals surface area contributed by atoms with Crippen molar-refractivity contribution in [2.45, 2.75) is 32.4 Å². The summed E-state index contributed by atoms with van der Waals surface area (Å²) in [5.74, 6) is -0.0290. The van der Waals surface area contributed by atoms with Crippen LogP contribution in [0.3, 0.4) is 0 Å². The van der Waals surface area contributed by atoms with Gasteiger partial charge in [-0.05, 0) is 36.8 Å². The summed E-state index contributed by atoms with van der Waals surface area (Å²) in [6, 6.07) is 1.92. The van der Waals surface area contributed by atoms with Gasteiger partial charge in [0.05, 0.1) is 17.4 Å². The molecule has 2 aromatic heterocycles. The number of nitrogens with one attached hydrogen (secondary N) is 1. The number of nitrogens with zero attached hydrogens (tertiary/aromatic N) is 3. The lowest BCUT2D eigenvalue weighted by Gasteiger charge is -2.15. The van der Waals surface area contributed by atoms with Gasteiger partial charge in [-0.25, -0.2) is 4.98 Å². The first-order valence-corrected chi connectivity index (χ1v) is 8.19. The molecular weight excluding hydrogens is 357 g/mol. The van der Waals surface area contributed by atoms with Crippen LogP contribution in [-0.4, -0.2) is 21.3 Å². The Labute approximate surface area is 146 Å². The Bertz CT molecular complexity index is 829. The monoisotopic (exact) mass is 372 g/mol. The van der Waals surface area contributed by atoms with Crippen molar-refractivity contribution in [1.29, 1.82) is 0 Å². The lowest BCUT2D eigenvalue weighted by Crippen LogP contribution is -2.25. The third kappa shape index (κ3) is 3.63. The highest BCUT2D eigenvalue weighted by Crippen LogP contribution is 2.48. The second kappa shape index (κ2) is 6.33. The highest BCUT2D eigenvalue weighted by Gasteiger charge is 2.40. The van der Waals surface area contributed by atoms with Crippen LogP contribution in [0.4, 0.5) is 18.9 Å². The molecule has 0 unspecified atom stereocenters. The van der Waals surface area contributed by atoms with Crippen LogP contribution < -0.4 is 10.9 Å². The Morgan fingerprint density at radius 2 is 2.04 bits per heavy atom. The first-order chi connectivity index (χ1) is 11.8. The number of anilines is 1. The number of alkyl halides is 3. The molecule has 0 saturated heterocycles. The average molecular weight is 373 g/mol. The van der Waals surface area contributed by atoms with Crippen molar-refractivity contribution >= 4 is 17.3 Å². The van der Waals surface area contributed by atoms with Crippen LogP contribution in [0.1, 0.15) is 31.7 Å². The fourth-order valence-corrected chi connectivity index (χ4v) is 2.71. The van der Waals surface area contributed by atoms with Gasteiger partial charge in [-0.3, -0.25) is 4.79 Å². The predicted molar refractivity (Wildman–Crippen MR) is 88.1 cm³/mol. The van der Waals surface area contributed by atoms with Gasteiger partial charge in [0, 0.05) is 12.7 Å². The van der Waals surface area contributed by atoms with Crippen molar-refractivity contribution in [3.8, 4) is 5.82 Å². The molecule has 1 aliphatic rings. The summed E-state index contributed by atoms with van der Waals surface area (Å²) in [4.78, 5) is 16.0. The molecule has 0 amide bonds. The van der Waals surface area contributed by atoms with E-state index in [4.69, 9.17) is 11.6 Å². The molecule has 1 aliphatic carbocycles. The van der Waals surface area contributed by atoms with Crippen molar-refractivity contribution in [3.05, 3.63) is 45.5 Å². The first-order valence-electron chi connectivity index (χ1n) is 7.81. The van der Waals surface area contributed by atoms with Crippen LogP contribution in [0.2, 0.25) is 5.02 Å². The Hall–Kier alpha value is -2.09. The van der Waals surface area contributed by atoms with Gasteiger partial charge in [-0.1, -0.05) is 18.5 Å². The summed E-state index contributed by atoms with van der Waals surface area (Å²) in [7, 11) is 0. The molecule has 0 spiro atoms. The molecule has 2 aromatic rings. The van der Waals surface area contributed by atoms with E-state index in [2.05, 4.69) is 22.3 Å². The largest absolute Gasteiger partial charge is 0.417 e. The number of hydrogen-bond donors (Lipinski definition) is 1. The zero-order valence-electron chi connectivity index (χ0n) is 13.4. The SMILES string of the molecule is CCC1(CNc2cnn(-c3ccc(C(F)(F)F)cn3)c(=O)c2Cl)CC1. The Morgan fingerprint density at radius 3 is 2.56 bits per heavy atom. The molecule has 1 N–H and O–H groups in total. The third-order valence-electron chi connectivity index (χ3n) is 4.57. The molecule has 25 heavy (non-hydrogen) atoms. The van der Waals surface area contributed by atoms with Crippen molar-refractivity contribution in [3.63, 3.8) is 0 Å². The molecule has 0 aromatic carbocycles. The van der Waals surface area contributed by atoms with E-state index in [-0.39, 0.29) is 16.3 Å².